The number of rotatable bonds is 2. The number of hydrogen-bond acceptors (Lipinski definition) is 4. The van der Waals surface area contributed by atoms with Crippen LogP contribution in [0.2, 0.25) is 0 Å². The lowest BCUT2D eigenvalue weighted by molar-refractivity contribution is -0.172. The molecule has 13 heavy (non-hydrogen) atoms. The maximum Gasteiger partial charge on any atom is 0.338 e. The van der Waals surface area contributed by atoms with Crippen LogP contribution < -0.4 is 0 Å². The van der Waals surface area contributed by atoms with Crippen molar-refractivity contribution in [2.24, 2.45) is 0 Å². The van der Waals surface area contributed by atoms with Crippen LogP contribution in [0.4, 0.5) is 0 Å². The van der Waals surface area contributed by atoms with Gasteiger partial charge < -0.3 is 14.2 Å². The molecule has 1 atom stereocenters. The van der Waals surface area contributed by atoms with Crippen LogP contribution in [-0.2, 0) is 19.0 Å². The van der Waals surface area contributed by atoms with Crippen LogP contribution in [0.15, 0.2) is 0 Å². The zero-order chi connectivity index (χ0) is 10.1. The highest BCUT2D eigenvalue weighted by Gasteiger charge is 2.38. The zero-order valence-electron chi connectivity index (χ0n) is 8.49. The Morgan fingerprint density at radius 1 is 1.54 bits per heavy atom. The molecular formula is C9H16O4. The molecule has 0 radical (unpaired) electrons. The second kappa shape index (κ2) is 3.64. The van der Waals surface area contributed by atoms with Gasteiger partial charge >= 0.3 is 5.97 Å². The smallest absolute Gasteiger partial charge is 0.338 e. The molecule has 0 bridgehead atoms. The molecular weight excluding hydrogens is 172 g/mol. The third-order valence-corrected chi connectivity index (χ3v) is 1.62. The zero-order valence-corrected chi connectivity index (χ0v) is 8.49. The fourth-order valence-electron chi connectivity index (χ4n) is 1.11. The molecule has 1 saturated heterocycles. The van der Waals surface area contributed by atoms with E-state index in [1.165, 1.54) is 0 Å². The largest absolute Gasteiger partial charge is 0.461 e. The first kappa shape index (κ1) is 10.5. The number of carbonyl (C=O) groups is 1. The van der Waals surface area contributed by atoms with Crippen molar-refractivity contribution in [3.8, 4) is 0 Å². The van der Waals surface area contributed by atoms with Gasteiger partial charge in [0.15, 0.2) is 11.9 Å². The molecule has 1 heterocycles. The lowest BCUT2D eigenvalue weighted by atomic mass is 10.3. The van der Waals surface area contributed by atoms with Crippen LogP contribution in [0, 0.1) is 0 Å². The van der Waals surface area contributed by atoms with Crippen LogP contribution >= 0.6 is 0 Å². The van der Waals surface area contributed by atoms with E-state index >= 15 is 0 Å². The van der Waals surface area contributed by atoms with E-state index in [1.54, 1.807) is 27.7 Å². The van der Waals surface area contributed by atoms with Gasteiger partial charge in [-0.15, -0.1) is 0 Å². The summed E-state index contributed by atoms with van der Waals surface area (Å²) < 4.78 is 15.5. The lowest BCUT2D eigenvalue weighted by Gasteiger charge is -2.17. The molecule has 0 N–H and O–H groups in total. The predicted molar refractivity (Wildman–Crippen MR) is 46.1 cm³/mol. The van der Waals surface area contributed by atoms with Gasteiger partial charge in [0.2, 0.25) is 0 Å². The van der Waals surface area contributed by atoms with Crippen molar-refractivity contribution in [3.05, 3.63) is 0 Å². The second-order valence-corrected chi connectivity index (χ2v) is 3.80. The van der Waals surface area contributed by atoms with Gasteiger partial charge in [0.1, 0.15) is 0 Å². The SMILES string of the molecule is CC(C)OC(=O)[C@H]1COC(C)(C)O1. The summed E-state index contributed by atoms with van der Waals surface area (Å²) in [6.07, 6.45) is -0.683. The number of carbonyl (C=O) groups excluding carboxylic acids is 1. The molecule has 4 heteroatoms. The van der Waals surface area contributed by atoms with Crippen LogP contribution in [0.5, 0.6) is 0 Å². The molecule has 4 nitrogen and oxygen atoms in total. The average molecular weight is 188 g/mol. The summed E-state index contributed by atoms with van der Waals surface area (Å²) in [5.41, 5.74) is 0. The molecule has 1 rings (SSSR count). The van der Waals surface area contributed by atoms with Crippen LogP contribution in [-0.4, -0.2) is 30.6 Å². The molecule has 0 aromatic carbocycles. The highest BCUT2D eigenvalue weighted by Crippen LogP contribution is 2.23. The minimum absolute atomic E-state index is 0.111. The Morgan fingerprint density at radius 2 is 2.15 bits per heavy atom. The summed E-state index contributed by atoms with van der Waals surface area (Å²) >= 11 is 0. The molecule has 0 spiro atoms. The molecule has 1 aliphatic rings. The quantitative estimate of drug-likeness (QED) is 0.608. The van der Waals surface area contributed by atoms with Crippen molar-refractivity contribution < 1.29 is 19.0 Å². The van der Waals surface area contributed by atoms with Gasteiger partial charge in [-0.1, -0.05) is 0 Å². The Bertz CT molecular complexity index is 198. The average Bonchev–Trinajstić information content (AvgIpc) is 2.28. The lowest BCUT2D eigenvalue weighted by Crippen LogP contribution is -2.30. The number of hydrogen-bond donors (Lipinski definition) is 0. The fraction of sp³-hybridized carbons (Fsp3) is 0.889. The Kier molecular flexibility index (Phi) is 2.93. The van der Waals surface area contributed by atoms with Crippen LogP contribution in [0.25, 0.3) is 0 Å². The van der Waals surface area contributed by atoms with E-state index in [0.29, 0.717) is 0 Å². The summed E-state index contributed by atoms with van der Waals surface area (Å²) in [7, 11) is 0. The summed E-state index contributed by atoms with van der Waals surface area (Å²) in [5.74, 6) is -1.01. The summed E-state index contributed by atoms with van der Waals surface area (Å²) in [5, 5.41) is 0. The number of esters is 1. The van der Waals surface area contributed by atoms with Gasteiger partial charge in [-0.25, -0.2) is 4.79 Å². The van der Waals surface area contributed by atoms with Gasteiger partial charge in [-0.05, 0) is 27.7 Å². The predicted octanol–water partition coefficient (Wildman–Crippen LogP) is 1.09. The minimum Gasteiger partial charge on any atom is -0.461 e. The summed E-state index contributed by atoms with van der Waals surface area (Å²) in [6, 6.07) is 0. The van der Waals surface area contributed by atoms with Crippen molar-refractivity contribution in [2.75, 3.05) is 6.61 Å². The van der Waals surface area contributed by atoms with Gasteiger partial charge in [-0.3, -0.25) is 0 Å². The molecule has 0 amide bonds. The highest BCUT2D eigenvalue weighted by molar-refractivity contribution is 5.75. The topological polar surface area (TPSA) is 44.8 Å². The maximum atomic E-state index is 11.3. The van der Waals surface area contributed by atoms with Crippen molar-refractivity contribution >= 4 is 5.97 Å². The first-order valence-electron chi connectivity index (χ1n) is 4.43. The van der Waals surface area contributed by atoms with Gasteiger partial charge in [0, 0.05) is 0 Å². The van der Waals surface area contributed by atoms with E-state index in [2.05, 4.69) is 0 Å². The third kappa shape index (κ3) is 2.97. The van der Waals surface area contributed by atoms with E-state index in [0.717, 1.165) is 0 Å². The summed E-state index contributed by atoms with van der Waals surface area (Å²) in [4.78, 5) is 11.3. The second-order valence-electron chi connectivity index (χ2n) is 3.80. The van der Waals surface area contributed by atoms with E-state index in [9.17, 15) is 4.79 Å². The maximum absolute atomic E-state index is 11.3. The Morgan fingerprint density at radius 3 is 2.54 bits per heavy atom. The molecule has 0 saturated carbocycles. The van der Waals surface area contributed by atoms with Gasteiger partial charge in [0.25, 0.3) is 0 Å². The Balaban J connectivity index is 2.42. The van der Waals surface area contributed by atoms with Crippen molar-refractivity contribution in [2.45, 2.75) is 45.7 Å². The Labute approximate surface area is 78.2 Å². The third-order valence-electron chi connectivity index (χ3n) is 1.62. The van der Waals surface area contributed by atoms with E-state index in [1.807, 2.05) is 0 Å². The first-order chi connectivity index (χ1) is 5.91. The highest BCUT2D eigenvalue weighted by atomic mass is 16.8. The van der Waals surface area contributed by atoms with E-state index in [4.69, 9.17) is 14.2 Å². The fourth-order valence-corrected chi connectivity index (χ4v) is 1.11. The van der Waals surface area contributed by atoms with E-state index < -0.39 is 11.9 Å². The molecule has 0 aromatic rings. The molecule has 0 unspecified atom stereocenters. The van der Waals surface area contributed by atoms with Gasteiger partial charge in [-0.2, -0.15) is 0 Å². The van der Waals surface area contributed by atoms with Crippen LogP contribution in [0.1, 0.15) is 27.7 Å². The summed E-state index contributed by atoms with van der Waals surface area (Å²) in [6.45, 7) is 7.43. The Hall–Kier alpha value is -0.610. The molecule has 0 aliphatic carbocycles. The first-order valence-corrected chi connectivity index (χ1v) is 4.43. The van der Waals surface area contributed by atoms with Gasteiger partial charge in [0.05, 0.1) is 12.7 Å². The van der Waals surface area contributed by atoms with Crippen molar-refractivity contribution in [1.82, 2.24) is 0 Å². The van der Waals surface area contributed by atoms with Crippen molar-refractivity contribution in [1.29, 1.82) is 0 Å². The molecule has 1 fully saturated rings. The van der Waals surface area contributed by atoms with Crippen LogP contribution in [0.3, 0.4) is 0 Å². The normalized spacial score (nSPS) is 26.4. The molecule has 76 valence electrons. The van der Waals surface area contributed by atoms with Crippen molar-refractivity contribution in [3.63, 3.8) is 0 Å². The molecule has 0 aromatic heterocycles. The standard InChI is InChI=1S/C9H16O4/c1-6(2)12-8(10)7-5-11-9(3,4)13-7/h6-7H,5H2,1-4H3/t7-/m1/s1. The number of ether oxygens (including phenoxy) is 3. The monoisotopic (exact) mass is 188 g/mol. The molecule has 1 aliphatic heterocycles. The minimum atomic E-state index is -0.666. The van der Waals surface area contributed by atoms with E-state index in [-0.39, 0.29) is 18.7 Å².